The molecule has 0 N–H and O–H groups in total. The van der Waals surface area contributed by atoms with E-state index in [0.717, 1.165) is 17.1 Å². The normalized spacial score (nSPS) is 13.6. The molecule has 1 rings (SSSR count). The molecular formula is C11H16N2S. The zero-order valence-electron chi connectivity index (χ0n) is 9.16. The molecule has 0 aliphatic heterocycles. The van der Waals surface area contributed by atoms with Gasteiger partial charge >= 0.3 is 0 Å². The number of nitriles is 1. The van der Waals surface area contributed by atoms with Crippen LogP contribution in [-0.4, -0.2) is 4.98 Å². The fourth-order valence-corrected chi connectivity index (χ4v) is 2.12. The molecule has 0 aliphatic rings. The predicted octanol–water partition coefficient (Wildman–Crippen LogP) is 3.46. The molecule has 0 fully saturated rings. The second kappa shape index (κ2) is 4.10. The van der Waals surface area contributed by atoms with Gasteiger partial charge in [0.1, 0.15) is 0 Å². The zero-order chi connectivity index (χ0) is 10.8. The number of nitrogens with zero attached hydrogens (tertiary/aromatic N) is 2. The first-order chi connectivity index (χ1) is 6.49. The minimum absolute atomic E-state index is 0.0395. The maximum Gasteiger partial charge on any atom is 0.0982 e. The Labute approximate surface area is 89.6 Å². The van der Waals surface area contributed by atoms with Crippen LogP contribution in [-0.2, 0) is 5.41 Å². The first kappa shape index (κ1) is 11.2. The Bertz CT molecular complexity index is 341. The van der Waals surface area contributed by atoms with Crippen molar-refractivity contribution in [3.63, 3.8) is 0 Å². The summed E-state index contributed by atoms with van der Waals surface area (Å²) in [7, 11) is 0. The highest BCUT2D eigenvalue weighted by molar-refractivity contribution is 7.09. The first-order valence-electron chi connectivity index (χ1n) is 4.84. The number of hydrogen-bond donors (Lipinski definition) is 0. The van der Waals surface area contributed by atoms with Gasteiger partial charge in [0, 0.05) is 10.8 Å². The molecule has 0 bridgehead atoms. The lowest BCUT2D eigenvalue weighted by atomic mass is 9.98. The molecule has 0 radical (unpaired) electrons. The highest BCUT2D eigenvalue weighted by atomic mass is 32.1. The fourth-order valence-electron chi connectivity index (χ4n) is 1.16. The van der Waals surface area contributed by atoms with E-state index in [1.165, 1.54) is 0 Å². The minimum atomic E-state index is -0.0395. The van der Waals surface area contributed by atoms with Crippen molar-refractivity contribution in [3.05, 3.63) is 16.1 Å². The lowest BCUT2D eigenvalue weighted by Gasteiger charge is -2.13. The predicted molar refractivity (Wildman–Crippen MR) is 59.5 cm³/mol. The molecule has 0 saturated heterocycles. The van der Waals surface area contributed by atoms with Gasteiger partial charge in [0.15, 0.2) is 0 Å². The summed E-state index contributed by atoms with van der Waals surface area (Å²) >= 11 is 1.65. The van der Waals surface area contributed by atoms with E-state index in [4.69, 9.17) is 5.26 Å². The van der Waals surface area contributed by atoms with Crippen LogP contribution in [0, 0.1) is 11.3 Å². The third-order valence-electron chi connectivity index (χ3n) is 2.08. The Morgan fingerprint density at radius 1 is 1.57 bits per heavy atom. The van der Waals surface area contributed by atoms with Crippen molar-refractivity contribution in [1.29, 1.82) is 5.26 Å². The SMILES string of the molecule is CCC(C#N)c1csc(C(C)(C)C)n1. The van der Waals surface area contributed by atoms with Gasteiger partial charge in [-0.25, -0.2) is 4.98 Å². The quantitative estimate of drug-likeness (QED) is 0.746. The molecular weight excluding hydrogens is 192 g/mol. The fraction of sp³-hybridized carbons (Fsp3) is 0.636. The summed E-state index contributed by atoms with van der Waals surface area (Å²) in [5.41, 5.74) is 1.03. The van der Waals surface area contributed by atoms with Crippen LogP contribution in [0.2, 0.25) is 0 Å². The number of thiazole rings is 1. The van der Waals surface area contributed by atoms with Crippen LogP contribution in [0.4, 0.5) is 0 Å². The van der Waals surface area contributed by atoms with E-state index in [-0.39, 0.29) is 11.3 Å². The van der Waals surface area contributed by atoms with Gasteiger partial charge in [0.25, 0.3) is 0 Å². The molecule has 1 aromatic rings. The Morgan fingerprint density at radius 2 is 2.21 bits per heavy atom. The lowest BCUT2D eigenvalue weighted by Crippen LogP contribution is -2.10. The largest absolute Gasteiger partial charge is 0.244 e. The molecule has 0 amide bonds. The average molecular weight is 208 g/mol. The van der Waals surface area contributed by atoms with Crippen LogP contribution in [0.3, 0.4) is 0 Å². The van der Waals surface area contributed by atoms with Crippen LogP contribution in [0.15, 0.2) is 5.38 Å². The topological polar surface area (TPSA) is 36.7 Å². The van der Waals surface area contributed by atoms with Crippen molar-refractivity contribution < 1.29 is 0 Å². The van der Waals surface area contributed by atoms with Crippen LogP contribution in [0.5, 0.6) is 0 Å². The molecule has 1 unspecified atom stereocenters. The number of hydrogen-bond acceptors (Lipinski definition) is 3. The molecule has 0 aromatic carbocycles. The summed E-state index contributed by atoms with van der Waals surface area (Å²) in [6.07, 6.45) is 0.837. The van der Waals surface area contributed by atoms with Crippen molar-refractivity contribution in [2.45, 2.75) is 45.4 Å². The van der Waals surface area contributed by atoms with Crippen molar-refractivity contribution in [2.24, 2.45) is 0 Å². The van der Waals surface area contributed by atoms with Crippen molar-refractivity contribution in [3.8, 4) is 6.07 Å². The molecule has 1 atom stereocenters. The third kappa shape index (κ3) is 2.33. The summed E-state index contributed by atoms with van der Waals surface area (Å²) < 4.78 is 0. The first-order valence-corrected chi connectivity index (χ1v) is 5.72. The summed E-state index contributed by atoms with van der Waals surface area (Å²) in [4.78, 5) is 4.52. The Hall–Kier alpha value is -0.880. The Kier molecular flexibility index (Phi) is 3.28. The number of rotatable bonds is 2. The van der Waals surface area contributed by atoms with E-state index in [9.17, 15) is 0 Å². The van der Waals surface area contributed by atoms with Gasteiger partial charge in [-0.3, -0.25) is 0 Å². The summed E-state index contributed by atoms with van der Waals surface area (Å²) in [6, 6.07) is 2.28. The Balaban J connectivity index is 2.94. The maximum atomic E-state index is 8.91. The van der Waals surface area contributed by atoms with E-state index in [1.807, 2.05) is 12.3 Å². The van der Waals surface area contributed by atoms with E-state index in [0.29, 0.717) is 0 Å². The molecule has 76 valence electrons. The van der Waals surface area contributed by atoms with Crippen LogP contribution in [0.1, 0.15) is 50.7 Å². The highest BCUT2D eigenvalue weighted by Gasteiger charge is 2.20. The van der Waals surface area contributed by atoms with Gasteiger partial charge in [-0.05, 0) is 6.42 Å². The molecule has 2 nitrogen and oxygen atoms in total. The summed E-state index contributed by atoms with van der Waals surface area (Å²) in [5, 5.41) is 12.0. The monoisotopic (exact) mass is 208 g/mol. The molecule has 0 aliphatic carbocycles. The smallest absolute Gasteiger partial charge is 0.0982 e. The van der Waals surface area contributed by atoms with E-state index in [2.05, 4.69) is 31.8 Å². The van der Waals surface area contributed by atoms with Gasteiger partial charge < -0.3 is 0 Å². The molecule has 14 heavy (non-hydrogen) atoms. The summed E-state index contributed by atoms with van der Waals surface area (Å²) in [6.45, 7) is 8.44. The van der Waals surface area contributed by atoms with Gasteiger partial charge in [-0.15, -0.1) is 11.3 Å². The summed E-state index contributed by atoms with van der Waals surface area (Å²) in [5.74, 6) is -0.0395. The zero-order valence-corrected chi connectivity index (χ0v) is 9.98. The molecule has 0 spiro atoms. The van der Waals surface area contributed by atoms with Crippen molar-refractivity contribution in [2.75, 3.05) is 0 Å². The average Bonchev–Trinajstić information content (AvgIpc) is 2.54. The van der Waals surface area contributed by atoms with E-state index >= 15 is 0 Å². The van der Waals surface area contributed by atoms with Gasteiger partial charge in [0.2, 0.25) is 0 Å². The minimum Gasteiger partial charge on any atom is -0.244 e. The van der Waals surface area contributed by atoms with Gasteiger partial charge in [-0.1, -0.05) is 27.7 Å². The third-order valence-corrected chi connectivity index (χ3v) is 3.37. The molecule has 0 saturated carbocycles. The maximum absolute atomic E-state index is 8.91. The van der Waals surface area contributed by atoms with E-state index < -0.39 is 0 Å². The molecule has 1 aromatic heterocycles. The van der Waals surface area contributed by atoms with Crippen molar-refractivity contribution in [1.82, 2.24) is 4.98 Å². The molecule has 1 heterocycles. The van der Waals surface area contributed by atoms with Gasteiger partial charge in [0.05, 0.1) is 22.7 Å². The second-order valence-electron chi connectivity index (χ2n) is 4.42. The van der Waals surface area contributed by atoms with Crippen molar-refractivity contribution >= 4 is 11.3 Å². The standard InChI is InChI=1S/C11H16N2S/c1-5-8(6-12)9-7-14-10(13-9)11(2,3)4/h7-8H,5H2,1-4H3. The van der Waals surface area contributed by atoms with E-state index in [1.54, 1.807) is 11.3 Å². The van der Waals surface area contributed by atoms with Crippen LogP contribution in [0.25, 0.3) is 0 Å². The highest BCUT2D eigenvalue weighted by Crippen LogP contribution is 2.28. The van der Waals surface area contributed by atoms with Crippen LogP contribution >= 0.6 is 11.3 Å². The van der Waals surface area contributed by atoms with Gasteiger partial charge in [-0.2, -0.15) is 5.26 Å². The Morgan fingerprint density at radius 3 is 2.57 bits per heavy atom. The lowest BCUT2D eigenvalue weighted by molar-refractivity contribution is 0.581. The second-order valence-corrected chi connectivity index (χ2v) is 5.28. The van der Waals surface area contributed by atoms with Crippen LogP contribution < -0.4 is 0 Å². The molecule has 3 heteroatoms. The number of aromatic nitrogens is 1.